The zero-order chi connectivity index (χ0) is 13.2. The second-order valence-electron chi connectivity index (χ2n) is 4.53. The van der Waals surface area contributed by atoms with Crippen LogP contribution in [0.2, 0.25) is 0 Å². The minimum Gasteiger partial charge on any atom is -0.491 e. The first-order chi connectivity index (χ1) is 9.29. The van der Waals surface area contributed by atoms with Crippen molar-refractivity contribution < 1.29 is 4.74 Å². The first kappa shape index (κ1) is 12.4. The molecule has 0 saturated heterocycles. The number of benzene rings is 1. The van der Waals surface area contributed by atoms with E-state index in [-0.39, 0.29) is 0 Å². The molecule has 19 heavy (non-hydrogen) atoms. The second-order valence-corrected chi connectivity index (χ2v) is 5.59. The number of fused-ring (bicyclic) bond motifs is 1. The molecule has 1 aromatic carbocycles. The monoisotopic (exact) mass is 275 g/mol. The molecule has 2 N–H and O–H groups in total. The highest BCUT2D eigenvalue weighted by Crippen LogP contribution is 2.38. The van der Waals surface area contributed by atoms with Gasteiger partial charge in [-0.05, 0) is 25.5 Å². The van der Waals surface area contributed by atoms with Crippen molar-refractivity contribution in [1.29, 1.82) is 0 Å². The normalized spacial score (nSPS) is 14.7. The van der Waals surface area contributed by atoms with Gasteiger partial charge >= 0.3 is 0 Å². The number of aromatic nitrogens is 1. The molecular formula is C14H17N3OS. The van der Waals surface area contributed by atoms with E-state index in [1.807, 2.05) is 25.1 Å². The van der Waals surface area contributed by atoms with E-state index < -0.39 is 0 Å². The Labute approximate surface area is 116 Å². The topological polar surface area (TPSA) is 51.4 Å². The molecule has 0 spiro atoms. The number of aryl methyl sites for hydroxylation is 1. The molecule has 0 saturated carbocycles. The molecule has 1 aliphatic heterocycles. The summed E-state index contributed by atoms with van der Waals surface area (Å²) in [5.74, 6) is 0.933. The molecule has 0 fully saturated rings. The van der Waals surface area contributed by atoms with E-state index >= 15 is 0 Å². The van der Waals surface area contributed by atoms with Crippen LogP contribution in [0.1, 0.15) is 17.0 Å². The first-order valence-corrected chi connectivity index (χ1v) is 7.27. The number of nitrogens with zero attached hydrogens (tertiary/aromatic N) is 2. The van der Waals surface area contributed by atoms with E-state index in [1.54, 1.807) is 11.3 Å². The Hall–Kier alpha value is -1.59. The Kier molecular flexibility index (Phi) is 3.40. The molecule has 0 aliphatic carbocycles. The van der Waals surface area contributed by atoms with Crippen molar-refractivity contribution in [3.8, 4) is 5.75 Å². The van der Waals surface area contributed by atoms with Crippen molar-refractivity contribution >= 4 is 22.2 Å². The van der Waals surface area contributed by atoms with Crippen molar-refractivity contribution in [2.24, 2.45) is 5.73 Å². The molecule has 0 amide bonds. The molecule has 4 nitrogen and oxygen atoms in total. The van der Waals surface area contributed by atoms with Crippen LogP contribution in [0.3, 0.4) is 0 Å². The predicted octanol–water partition coefficient (Wildman–Crippen LogP) is 2.83. The first-order valence-electron chi connectivity index (χ1n) is 6.45. The molecule has 0 atom stereocenters. The standard InChI is InChI=1S/C14H17N3OS/c1-10-13(9-15)19-14(16-10)17-7-4-8-18-12-6-3-2-5-11(12)17/h2-3,5-6H,4,7-9,15H2,1H3. The third-order valence-corrected chi connectivity index (χ3v) is 4.44. The molecule has 1 aliphatic rings. The van der Waals surface area contributed by atoms with Gasteiger partial charge in [0, 0.05) is 18.0 Å². The summed E-state index contributed by atoms with van der Waals surface area (Å²) in [6.45, 7) is 4.24. The van der Waals surface area contributed by atoms with Crippen LogP contribution in [0.5, 0.6) is 5.75 Å². The minimum atomic E-state index is 0.551. The summed E-state index contributed by atoms with van der Waals surface area (Å²) < 4.78 is 5.77. The molecule has 5 heteroatoms. The summed E-state index contributed by atoms with van der Waals surface area (Å²) in [6.07, 6.45) is 0.991. The van der Waals surface area contributed by atoms with Gasteiger partial charge in [0.15, 0.2) is 5.13 Å². The van der Waals surface area contributed by atoms with Gasteiger partial charge in [-0.15, -0.1) is 0 Å². The van der Waals surface area contributed by atoms with Crippen LogP contribution in [0.25, 0.3) is 0 Å². The number of hydrogen-bond acceptors (Lipinski definition) is 5. The lowest BCUT2D eigenvalue weighted by molar-refractivity contribution is 0.322. The number of ether oxygens (including phenoxy) is 1. The predicted molar refractivity (Wildman–Crippen MR) is 78.3 cm³/mol. The van der Waals surface area contributed by atoms with Gasteiger partial charge in [-0.1, -0.05) is 23.5 Å². The maximum atomic E-state index is 5.77. The van der Waals surface area contributed by atoms with Crippen LogP contribution >= 0.6 is 11.3 Å². The third-order valence-electron chi connectivity index (χ3n) is 3.24. The molecule has 0 radical (unpaired) electrons. The van der Waals surface area contributed by atoms with Gasteiger partial charge in [-0.3, -0.25) is 0 Å². The summed E-state index contributed by atoms with van der Waals surface area (Å²) in [5, 5.41) is 1.01. The lowest BCUT2D eigenvalue weighted by Gasteiger charge is -2.20. The van der Waals surface area contributed by atoms with E-state index in [2.05, 4.69) is 16.0 Å². The SMILES string of the molecule is Cc1nc(N2CCCOc3ccccc32)sc1CN. The maximum absolute atomic E-state index is 5.77. The number of rotatable bonds is 2. The molecule has 2 aromatic rings. The summed E-state index contributed by atoms with van der Waals surface area (Å²) in [7, 11) is 0. The fourth-order valence-corrected chi connectivity index (χ4v) is 3.22. The van der Waals surface area contributed by atoms with E-state index in [9.17, 15) is 0 Å². The molecule has 100 valence electrons. The van der Waals surface area contributed by atoms with Crippen molar-refractivity contribution in [1.82, 2.24) is 4.98 Å². The lowest BCUT2D eigenvalue weighted by Crippen LogP contribution is -2.17. The van der Waals surface area contributed by atoms with Gasteiger partial charge in [-0.25, -0.2) is 4.98 Å². The van der Waals surface area contributed by atoms with Crippen molar-refractivity contribution in [3.63, 3.8) is 0 Å². The highest BCUT2D eigenvalue weighted by Gasteiger charge is 2.20. The summed E-state index contributed by atoms with van der Waals surface area (Å²) in [5.41, 5.74) is 7.87. The largest absolute Gasteiger partial charge is 0.491 e. The molecule has 2 heterocycles. The fourth-order valence-electron chi connectivity index (χ4n) is 2.24. The van der Waals surface area contributed by atoms with Gasteiger partial charge in [0.05, 0.1) is 18.0 Å². The summed E-state index contributed by atoms with van der Waals surface area (Å²) in [6, 6.07) is 8.13. The van der Waals surface area contributed by atoms with Gasteiger partial charge in [0.2, 0.25) is 0 Å². The summed E-state index contributed by atoms with van der Waals surface area (Å²) in [4.78, 5) is 8.04. The molecule has 3 rings (SSSR count). The van der Waals surface area contributed by atoms with Gasteiger partial charge in [-0.2, -0.15) is 0 Å². The van der Waals surface area contributed by atoms with E-state index in [0.717, 1.165) is 46.7 Å². The number of hydrogen-bond donors (Lipinski definition) is 1. The Balaban J connectivity index is 2.03. The second kappa shape index (κ2) is 5.19. The number of anilines is 2. The van der Waals surface area contributed by atoms with Crippen LogP contribution in [-0.4, -0.2) is 18.1 Å². The third kappa shape index (κ3) is 2.31. The van der Waals surface area contributed by atoms with Crippen LogP contribution in [0.4, 0.5) is 10.8 Å². The average molecular weight is 275 g/mol. The minimum absolute atomic E-state index is 0.551. The highest BCUT2D eigenvalue weighted by molar-refractivity contribution is 7.15. The highest BCUT2D eigenvalue weighted by atomic mass is 32.1. The zero-order valence-corrected chi connectivity index (χ0v) is 11.7. The van der Waals surface area contributed by atoms with Crippen LogP contribution in [0, 0.1) is 6.92 Å². The van der Waals surface area contributed by atoms with Gasteiger partial charge in [0.1, 0.15) is 5.75 Å². The van der Waals surface area contributed by atoms with Crippen LogP contribution in [0.15, 0.2) is 24.3 Å². The van der Waals surface area contributed by atoms with Crippen molar-refractivity contribution in [2.45, 2.75) is 19.9 Å². The Morgan fingerprint density at radius 3 is 3.05 bits per heavy atom. The van der Waals surface area contributed by atoms with Gasteiger partial charge < -0.3 is 15.4 Å². The smallest absolute Gasteiger partial charge is 0.190 e. The Morgan fingerprint density at radius 1 is 1.42 bits per heavy atom. The number of para-hydroxylation sites is 2. The van der Waals surface area contributed by atoms with Gasteiger partial charge in [0.25, 0.3) is 0 Å². The number of thiazole rings is 1. The molecule has 0 bridgehead atoms. The molecule has 0 unspecified atom stereocenters. The van der Waals surface area contributed by atoms with Crippen LogP contribution < -0.4 is 15.4 Å². The van der Waals surface area contributed by atoms with E-state index in [0.29, 0.717) is 6.54 Å². The van der Waals surface area contributed by atoms with E-state index in [1.165, 1.54) is 0 Å². The van der Waals surface area contributed by atoms with Crippen molar-refractivity contribution in [2.75, 3.05) is 18.1 Å². The zero-order valence-electron chi connectivity index (χ0n) is 10.9. The maximum Gasteiger partial charge on any atom is 0.190 e. The van der Waals surface area contributed by atoms with E-state index in [4.69, 9.17) is 10.5 Å². The van der Waals surface area contributed by atoms with Crippen LogP contribution in [-0.2, 0) is 6.54 Å². The summed E-state index contributed by atoms with van der Waals surface area (Å²) >= 11 is 1.67. The Bertz CT molecular complexity index is 582. The van der Waals surface area contributed by atoms with Crippen molar-refractivity contribution in [3.05, 3.63) is 34.8 Å². The fraction of sp³-hybridized carbons (Fsp3) is 0.357. The average Bonchev–Trinajstić information content (AvgIpc) is 2.68. The quantitative estimate of drug-likeness (QED) is 0.915. The lowest BCUT2D eigenvalue weighted by atomic mass is 10.2. The molecular weight excluding hydrogens is 258 g/mol. The molecule has 1 aromatic heterocycles. The number of nitrogens with two attached hydrogens (primary N) is 1. The Morgan fingerprint density at radius 2 is 2.26 bits per heavy atom.